The van der Waals surface area contributed by atoms with E-state index in [0.29, 0.717) is 13.1 Å². The molecular weight excluding hydrogens is 290 g/mol. The van der Waals surface area contributed by atoms with Crippen LogP contribution >= 0.6 is 0 Å². The molecule has 1 aromatic heterocycles. The predicted octanol–water partition coefficient (Wildman–Crippen LogP) is -1.12. The number of nitrogens with one attached hydrogen (secondary N) is 3. The number of carbonyl (C=O) groups excluding carboxylic acids is 1. The van der Waals surface area contributed by atoms with Crippen LogP contribution in [0.5, 0.6) is 0 Å². The smallest absolute Gasteiger partial charge is 0.275 e. The van der Waals surface area contributed by atoms with Gasteiger partial charge >= 0.3 is 0 Å². The van der Waals surface area contributed by atoms with Crippen LogP contribution < -0.4 is 15.1 Å². The van der Waals surface area contributed by atoms with Gasteiger partial charge in [-0.3, -0.25) is 4.79 Å². The Labute approximate surface area is 136 Å². The molecule has 0 saturated carbocycles. The second kappa shape index (κ2) is 7.94. The fourth-order valence-electron chi connectivity index (χ4n) is 3.08. The maximum Gasteiger partial charge on any atom is 0.275 e. The molecule has 0 bridgehead atoms. The number of piperazine rings is 1. The van der Waals surface area contributed by atoms with Gasteiger partial charge in [-0.1, -0.05) is 30.3 Å². The molecule has 1 aliphatic heterocycles. The van der Waals surface area contributed by atoms with E-state index in [1.807, 2.05) is 12.1 Å². The molecule has 1 aromatic carbocycles. The lowest BCUT2D eigenvalue weighted by Crippen LogP contribution is -3.28. The summed E-state index contributed by atoms with van der Waals surface area (Å²) in [5.41, 5.74) is 1.39. The minimum Gasteiger partial charge on any atom is -0.467 e. The van der Waals surface area contributed by atoms with Crippen molar-refractivity contribution >= 4 is 5.91 Å². The van der Waals surface area contributed by atoms with Gasteiger partial charge in [-0.2, -0.15) is 0 Å². The Balaban J connectivity index is 1.36. The van der Waals surface area contributed by atoms with Crippen LogP contribution in [0.25, 0.3) is 0 Å². The Kier molecular flexibility index (Phi) is 5.45. The molecule has 1 fully saturated rings. The monoisotopic (exact) mass is 315 g/mol. The van der Waals surface area contributed by atoms with Gasteiger partial charge in [0.2, 0.25) is 0 Å². The summed E-state index contributed by atoms with van der Waals surface area (Å²) in [5.74, 6) is 0.897. The summed E-state index contributed by atoms with van der Waals surface area (Å²) in [5, 5.41) is 2.92. The molecule has 0 atom stereocenters. The first-order valence-corrected chi connectivity index (χ1v) is 8.30. The third kappa shape index (κ3) is 4.94. The van der Waals surface area contributed by atoms with Crippen LogP contribution in [-0.4, -0.2) is 38.6 Å². The SMILES string of the molecule is O=C(C[NH+]1CC[NH+](Cc2ccccc2)CC1)NCc1ccco1. The van der Waals surface area contributed by atoms with E-state index in [2.05, 4.69) is 35.6 Å². The quantitative estimate of drug-likeness (QED) is 0.632. The minimum absolute atomic E-state index is 0.0999. The van der Waals surface area contributed by atoms with E-state index < -0.39 is 0 Å². The maximum absolute atomic E-state index is 12.0. The highest BCUT2D eigenvalue weighted by atomic mass is 16.3. The lowest BCUT2D eigenvalue weighted by molar-refractivity contribution is -1.02. The zero-order valence-electron chi connectivity index (χ0n) is 13.4. The van der Waals surface area contributed by atoms with E-state index in [9.17, 15) is 4.79 Å². The Bertz CT molecular complexity index is 590. The second-order valence-electron chi connectivity index (χ2n) is 6.20. The first-order valence-electron chi connectivity index (χ1n) is 8.30. The van der Waals surface area contributed by atoms with Crippen LogP contribution in [0.3, 0.4) is 0 Å². The molecule has 0 aliphatic carbocycles. The third-order valence-electron chi connectivity index (χ3n) is 4.41. The van der Waals surface area contributed by atoms with Crippen molar-refractivity contribution in [1.29, 1.82) is 0 Å². The summed E-state index contributed by atoms with van der Waals surface area (Å²) in [4.78, 5) is 15.0. The Morgan fingerprint density at radius 1 is 1.00 bits per heavy atom. The fourth-order valence-corrected chi connectivity index (χ4v) is 3.08. The van der Waals surface area contributed by atoms with Crippen molar-refractivity contribution in [3.8, 4) is 0 Å². The molecule has 5 nitrogen and oxygen atoms in total. The zero-order chi connectivity index (χ0) is 15.9. The summed E-state index contributed by atoms with van der Waals surface area (Å²) in [6.07, 6.45) is 1.63. The van der Waals surface area contributed by atoms with Crippen molar-refractivity contribution < 1.29 is 19.0 Å². The average molecular weight is 315 g/mol. The number of benzene rings is 1. The summed E-state index contributed by atoms with van der Waals surface area (Å²) < 4.78 is 5.22. The molecule has 2 heterocycles. The van der Waals surface area contributed by atoms with Gasteiger partial charge in [0.15, 0.2) is 6.54 Å². The second-order valence-corrected chi connectivity index (χ2v) is 6.20. The van der Waals surface area contributed by atoms with Crippen molar-refractivity contribution in [2.45, 2.75) is 13.1 Å². The van der Waals surface area contributed by atoms with Gasteiger partial charge in [0.1, 0.15) is 38.5 Å². The molecule has 2 aromatic rings. The summed E-state index contributed by atoms with van der Waals surface area (Å²) in [6, 6.07) is 14.3. The molecule has 3 N–H and O–H groups in total. The molecule has 23 heavy (non-hydrogen) atoms. The van der Waals surface area contributed by atoms with Crippen molar-refractivity contribution in [3.63, 3.8) is 0 Å². The molecule has 0 spiro atoms. The van der Waals surface area contributed by atoms with Gasteiger partial charge < -0.3 is 19.5 Å². The number of amides is 1. The number of quaternary nitrogens is 2. The van der Waals surface area contributed by atoms with Gasteiger partial charge in [0.05, 0.1) is 12.8 Å². The normalized spacial score (nSPS) is 21.0. The summed E-state index contributed by atoms with van der Waals surface area (Å²) in [6.45, 7) is 6.46. The summed E-state index contributed by atoms with van der Waals surface area (Å²) in [7, 11) is 0. The standard InChI is InChI=1S/C18H23N3O2/c22-18(19-13-17-7-4-12-23-17)15-21-10-8-20(9-11-21)14-16-5-2-1-3-6-16/h1-7,12H,8-11,13-15H2,(H,19,22)/p+2. The van der Waals surface area contributed by atoms with E-state index in [-0.39, 0.29) is 5.91 Å². The molecule has 122 valence electrons. The lowest BCUT2D eigenvalue weighted by atomic mass is 10.2. The van der Waals surface area contributed by atoms with E-state index in [1.165, 1.54) is 10.5 Å². The molecular formula is C18H25N3O2+2. The van der Waals surface area contributed by atoms with Gasteiger partial charge in [-0.15, -0.1) is 0 Å². The van der Waals surface area contributed by atoms with Crippen LogP contribution in [0.4, 0.5) is 0 Å². The highest BCUT2D eigenvalue weighted by molar-refractivity contribution is 5.76. The van der Waals surface area contributed by atoms with Crippen LogP contribution in [0.1, 0.15) is 11.3 Å². The Hall–Kier alpha value is -2.11. The molecule has 0 radical (unpaired) electrons. The molecule has 5 heteroatoms. The number of hydrogen-bond donors (Lipinski definition) is 3. The fraction of sp³-hybridized carbons (Fsp3) is 0.389. The number of hydrogen-bond acceptors (Lipinski definition) is 2. The zero-order valence-corrected chi connectivity index (χ0v) is 13.4. The predicted molar refractivity (Wildman–Crippen MR) is 87.0 cm³/mol. The Morgan fingerprint density at radius 2 is 1.74 bits per heavy atom. The van der Waals surface area contributed by atoms with E-state index in [4.69, 9.17) is 4.42 Å². The van der Waals surface area contributed by atoms with Crippen LogP contribution in [0.2, 0.25) is 0 Å². The molecule has 1 aliphatic rings. The van der Waals surface area contributed by atoms with Gasteiger partial charge in [-0.05, 0) is 12.1 Å². The molecule has 1 amide bonds. The minimum atomic E-state index is 0.0999. The van der Waals surface area contributed by atoms with Crippen molar-refractivity contribution in [2.75, 3.05) is 32.7 Å². The maximum atomic E-state index is 12.0. The highest BCUT2D eigenvalue weighted by Crippen LogP contribution is 1.98. The Morgan fingerprint density at radius 3 is 2.43 bits per heavy atom. The van der Waals surface area contributed by atoms with E-state index >= 15 is 0 Å². The van der Waals surface area contributed by atoms with Gasteiger partial charge in [0, 0.05) is 5.56 Å². The van der Waals surface area contributed by atoms with Crippen molar-refractivity contribution in [3.05, 3.63) is 60.1 Å². The van der Waals surface area contributed by atoms with Crippen LogP contribution in [0, 0.1) is 0 Å². The van der Waals surface area contributed by atoms with E-state index in [0.717, 1.165) is 38.5 Å². The first-order chi connectivity index (χ1) is 11.3. The average Bonchev–Trinajstić information content (AvgIpc) is 3.09. The third-order valence-corrected chi connectivity index (χ3v) is 4.41. The largest absolute Gasteiger partial charge is 0.467 e. The van der Waals surface area contributed by atoms with Crippen molar-refractivity contribution in [2.24, 2.45) is 0 Å². The summed E-state index contributed by atoms with van der Waals surface area (Å²) >= 11 is 0. The number of rotatable bonds is 6. The van der Waals surface area contributed by atoms with Crippen LogP contribution in [0.15, 0.2) is 53.1 Å². The van der Waals surface area contributed by atoms with Crippen LogP contribution in [-0.2, 0) is 17.9 Å². The number of carbonyl (C=O) groups is 1. The molecule has 1 saturated heterocycles. The topological polar surface area (TPSA) is 51.1 Å². The van der Waals surface area contributed by atoms with Gasteiger partial charge in [-0.25, -0.2) is 0 Å². The van der Waals surface area contributed by atoms with Crippen molar-refractivity contribution in [1.82, 2.24) is 5.32 Å². The lowest BCUT2D eigenvalue weighted by Gasteiger charge is -2.29. The number of furan rings is 1. The van der Waals surface area contributed by atoms with E-state index in [1.54, 1.807) is 11.2 Å². The molecule has 3 rings (SSSR count). The first kappa shape index (κ1) is 15.8. The van der Waals surface area contributed by atoms with Gasteiger partial charge in [0.25, 0.3) is 5.91 Å². The molecule has 0 unspecified atom stereocenters. The highest BCUT2D eigenvalue weighted by Gasteiger charge is 2.24.